The number of H-pyrrole nitrogens is 1. The van der Waals surface area contributed by atoms with Crippen LogP contribution >= 0.6 is 0 Å². The molecule has 2 aromatic rings. The number of amides is 1. The molecule has 2 heterocycles. The fourth-order valence-corrected chi connectivity index (χ4v) is 2.42. The minimum absolute atomic E-state index is 0.154. The molecule has 0 radical (unpaired) electrons. The minimum atomic E-state index is -1.04. The molecule has 22 heavy (non-hydrogen) atoms. The lowest BCUT2D eigenvalue weighted by Crippen LogP contribution is -2.23. The van der Waals surface area contributed by atoms with Crippen molar-refractivity contribution in [1.82, 2.24) is 20.1 Å². The van der Waals surface area contributed by atoms with Crippen LogP contribution in [0.15, 0.2) is 12.4 Å². The summed E-state index contributed by atoms with van der Waals surface area (Å²) in [6.07, 6.45) is 4.59. The number of nitrogens with zero attached hydrogens (tertiary/aromatic N) is 2. The molecule has 7 nitrogen and oxygen atoms in total. The van der Waals surface area contributed by atoms with Gasteiger partial charge in [-0.25, -0.2) is 4.79 Å². The smallest absolute Gasteiger partial charge is 0.337 e. The monoisotopic (exact) mass is 304 g/mol. The van der Waals surface area contributed by atoms with Gasteiger partial charge < -0.3 is 15.4 Å². The molecule has 0 saturated heterocycles. The van der Waals surface area contributed by atoms with Crippen LogP contribution in [-0.4, -0.2) is 31.7 Å². The van der Waals surface area contributed by atoms with E-state index >= 15 is 0 Å². The van der Waals surface area contributed by atoms with E-state index < -0.39 is 5.97 Å². The SMILES string of the molecule is CCCn1cc(CNC(=O)c2[nH]c(C)c(C(=O)O)c2C)cn1. The van der Waals surface area contributed by atoms with Crippen LogP contribution in [0.4, 0.5) is 0 Å². The molecule has 0 fully saturated rings. The highest BCUT2D eigenvalue weighted by Crippen LogP contribution is 2.17. The fraction of sp³-hybridized carbons (Fsp3) is 0.400. The molecule has 0 aliphatic rings. The molecule has 0 aliphatic heterocycles. The summed E-state index contributed by atoms with van der Waals surface area (Å²) in [7, 11) is 0. The van der Waals surface area contributed by atoms with E-state index in [2.05, 4.69) is 22.3 Å². The van der Waals surface area contributed by atoms with E-state index in [4.69, 9.17) is 5.11 Å². The molecule has 0 aromatic carbocycles. The van der Waals surface area contributed by atoms with Crippen molar-refractivity contribution in [1.29, 1.82) is 0 Å². The molecule has 0 unspecified atom stereocenters. The lowest BCUT2D eigenvalue weighted by molar-refractivity contribution is 0.0695. The first kappa shape index (κ1) is 15.8. The third kappa shape index (κ3) is 3.19. The Balaban J connectivity index is 2.06. The molecule has 2 rings (SSSR count). The highest BCUT2D eigenvalue weighted by Gasteiger charge is 2.21. The van der Waals surface area contributed by atoms with Gasteiger partial charge in [-0.05, 0) is 25.8 Å². The van der Waals surface area contributed by atoms with Gasteiger partial charge in [-0.15, -0.1) is 0 Å². The van der Waals surface area contributed by atoms with Gasteiger partial charge in [0.05, 0.1) is 11.8 Å². The van der Waals surface area contributed by atoms with Gasteiger partial charge in [0.15, 0.2) is 0 Å². The summed E-state index contributed by atoms with van der Waals surface area (Å²) >= 11 is 0. The van der Waals surface area contributed by atoms with Crippen molar-refractivity contribution < 1.29 is 14.7 Å². The van der Waals surface area contributed by atoms with Crippen molar-refractivity contribution in [3.05, 3.63) is 40.5 Å². The number of carboxylic acid groups (broad SMARTS) is 1. The van der Waals surface area contributed by atoms with E-state index in [1.807, 2.05) is 10.9 Å². The summed E-state index contributed by atoms with van der Waals surface area (Å²) in [6, 6.07) is 0. The van der Waals surface area contributed by atoms with Gasteiger partial charge in [-0.2, -0.15) is 5.10 Å². The lowest BCUT2D eigenvalue weighted by Gasteiger charge is -2.03. The maximum Gasteiger partial charge on any atom is 0.337 e. The quantitative estimate of drug-likeness (QED) is 0.758. The Morgan fingerprint density at radius 1 is 1.41 bits per heavy atom. The first-order valence-corrected chi connectivity index (χ1v) is 7.16. The number of hydrogen-bond donors (Lipinski definition) is 3. The molecule has 0 bridgehead atoms. The molecule has 1 amide bonds. The topological polar surface area (TPSA) is 100 Å². The lowest BCUT2D eigenvalue weighted by atomic mass is 10.1. The standard InChI is InChI=1S/C15H20N4O3/c1-4-5-19-8-11(7-17-19)6-16-14(20)13-9(2)12(15(21)22)10(3)18-13/h7-8,18H,4-6H2,1-3H3,(H,16,20)(H,21,22). The highest BCUT2D eigenvalue weighted by molar-refractivity contribution is 5.99. The number of aromatic carboxylic acids is 1. The molecular weight excluding hydrogens is 284 g/mol. The summed E-state index contributed by atoms with van der Waals surface area (Å²) in [5.41, 5.74) is 2.27. The van der Waals surface area contributed by atoms with Crippen LogP contribution in [0.1, 0.15) is 51.0 Å². The number of aromatic nitrogens is 3. The number of carbonyl (C=O) groups excluding carboxylic acids is 1. The second-order valence-corrected chi connectivity index (χ2v) is 5.22. The number of nitrogens with one attached hydrogen (secondary N) is 2. The summed E-state index contributed by atoms with van der Waals surface area (Å²) in [5, 5.41) is 16.1. The highest BCUT2D eigenvalue weighted by atomic mass is 16.4. The van der Waals surface area contributed by atoms with E-state index in [1.165, 1.54) is 0 Å². The third-order valence-corrected chi connectivity index (χ3v) is 3.47. The maximum absolute atomic E-state index is 12.2. The first-order chi connectivity index (χ1) is 10.4. The Morgan fingerprint density at radius 2 is 2.14 bits per heavy atom. The van der Waals surface area contributed by atoms with Crippen molar-refractivity contribution in [2.75, 3.05) is 0 Å². The predicted molar refractivity (Wildman–Crippen MR) is 80.9 cm³/mol. The second kappa shape index (κ2) is 6.46. The summed E-state index contributed by atoms with van der Waals surface area (Å²) in [6.45, 7) is 6.52. The molecule has 0 atom stereocenters. The van der Waals surface area contributed by atoms with Crippen LogP contribution in [0.3, 0.4) is 0 Å². The van der Waals surface area contributed by atoms with Gasteiger partial charge in [0.1, 0.15) is 5.69 Å². The van der Waals surface area contributed by atoms with Gasteiger partial charge in [0.25, 0.3) is 5.91 Å². The van der Waals surface area contributed by atoms with Gasteiger partial charge in [0.2, 0.25) is 0 Å². The summed E-state index contributed by atoms with van der Waals surface area (Å²) in [4.78, 5) is 26.2. The number of rotatable bonds is 6. The van der Waals surface area contributed by atoms with E-state index in [0.717, 1.165) is 18.5 Å². The van der Waals surface area contributed by atoms with Gasteiger partial charge >= 0.3 is 5.97 Å². The number of aromatic amines is 1. The minimum Gasteiger partial charge on any atom is -0.478 e. The third-order valence-electron chi connectivity index (χ3n) is 3.47. The zero-order chi connectivity index (χ0) is 16.3. The van der Waals surface area contributed by atoms with Crippen LogP contribution in [0.2, 0.25) is 0 Å². The van der Waals surface area contributed by atoms with E-state index in [-0.39, 0.29) is 17.2 Å². The normalized spacial score (nSPS) is 10.7. The number of carboxylic acids is 1. The average Bonchev–Trinajstić information content (AvgIpc) is 3.01. The molecule has 0 aliphatic carbocycles. The molecule has 2 aromatic heterocycles. The van der Waals surface area contributed by atoms with Gasteiger partial charge in [0, 0.05) is 30.5 Å². The number of carbonyl (C=O) groups is 2. The van der Waals surface area contributed by atoms with Crippen molar-refractivity contribution >= 4 is 11.9 Å². The molecule has 7 heteroatoms. The van der Waals surface area contributed by atoms with Crippen molar-refractivity contribution in [2.24, 2.45) is 0 Å². The molecular formula is C15H20N4O3. The molecule has 0 saturated carbocycles. The van der Waals surface area contributed by atoms with Crippen molar-refractivity contribution in [2.45, 2.75) is 40.3 Å². The summed E-state index contributed by atoms with van der Waals surface area (Å²) < 4.78 is 1.83. The predicted octanol–water partition coefficient (Wildman–Crippen LogP) is 1.87. The zero-order valence-electron chi connectivity index (χ0n) is 12.9. The Morgan fingerprint density at radius 3 is 2.73 bits per heavy atom. The van der Waals surface area contributed by atoms with E-state index in [0.29, 0.717) is 17.8 Å². The van der Waals surface area contributed by atoms with Crippen LogP contribution in [0, 0.1) is 13.8 Å². The molecule has 118 valence electrons. The van der Waals surface area contributed by atoms with Crippen LogP contribution in [0.5, 0.6) is 0 Å². The van der Waals surface area contributed by atoms with Crippen LogP contribution < -0.4 is 5.32 Å². The molecule has 3 N–H and O–H groups in total. The largest absolute Gasteiger partial charge is 0.478 e. The Kier molecular flexibility index (Phi) is 4.65. The number of aryl methyl sites for hydroxylation is 2. The van der Waals surface area contributed by atoms with E-state index in [1.54, 1.807) is 20.0 Å². The maximum atomic E-state index is 12.2. The van der Waals surface area contributed by atoms with Crippen LogP contribution in [0.25, 0.3) is 0 Å². The first-order valence-electron chi connectivity index (χ1n) is 7.16. The summed E-state index contributed by atoms with van der Waals surface area (Å²) in [5.74, 6) is -1.36. The van der Waals surface area contributed by atoms with Crippen molar-refractivity contribution in [3.8, 4) is 0 Å². The van der Waals surface area contributed by atoms with Gasteiger partial charge in [-0.3, -0.25) is 9.48 Å². The molecule has 0 spiro atoms. The second-order valence-electron chi connectivity index (χ2n) is 5.22. The number of hydrogen-bond acceptors (Lipinski definition) is 3. The zero-order valence-corrected chi connectivity index (χ0v) is 12.9. The van der Waals surface area contributed by atoms with Gasteiger partial charge in [-0.1, -0.05) is 6.92 Å². The Hall–Kier alpha value is -2.57. The van der Waals surface area contributed by atoms with E-state index in [9.17, 15) is 9.59 Å². The Labute approximate surface area is 128 Å². The fourth-order valence-electron chi connectivity index (χ4n) is 2.42. The Bertz CT molecular complexity index is 700. The van der Waals surface area contributed by atoms with Crippen molar-refractivity contribution in [3.63, 3.8) is 0 Å². The van der Waals surface area contributed by atoms with Crippen LogP contribution in [-0.2, 0) is 13.1 Å². The average molecular weight is 304 g/mol.